The summed E-state index contributed by atoms with van der Waals surface area (Å²) in [5, 5.41) is 13.8. The average molecular weight is 435 g/mol. The van der Waals surface area contributed by atoms with Crippen LogP contribution in [0.3, 0.4) is 0 Å². The number of nitrogens with one attached hydrogen (secondary N) is 1. The lowest BCUT2D eigenvalue weighted by Crippen LogP contribution is -2.70. The van der Waals surface area contributed by atoms with E-state index in [0.29, 0.717) is 15.0 Å². The topological polar surface area (TPSA) is 112 Å². The van der Waals surface area contributed by atoms with Crippen LogP contribution in [0.5, 0.6) is 0 Å². The van der Waals surface area contributed by atoms with E-state index < -0.39 is 23.3 Å². The van der Waals surface area contributed by atoms with Crippen molar-refractivity contribution in [1.82, 2.24) is 20.2 Å². The van der Waals surface area contributed by atoms with Gasteiger partial charge in [0.1, 0.15) is 17.1 Å². The zero-order valence-electron chi connectivity index (χ0n) is 14.5. The number of rotatable bonds is 5. The lowest BCUT2D eigenvalue weighted by Gasteiger charge is -2.49. The summed E-state index contributed by atoms with van der Waals surface area (Å²) in [4.78, 5) is 45.9. The molecule has 144 valence electrons. The smallest absolute Gasteiger partial charge is 0.353 e. The van der Waals surface area contributed by atoms with Crippen molar-refractivity contribution in [2.45, 2.75) is 22.7 Å². The van der Waals surface area contributed by atoms with E-state index in [0.717, 1.165) is 11.3 Å². The van der Waals surface area contributed by atoms with Gasteiger partial charge >= 0.3 is 5.97 Å². The van der Waals surface area contributed by atoms with Gasteiger partial charge in [0, 0.05) is 40.9 Å². The standard InChI is InChI=1S/C17H14N4O4S3/c1-8(22)19-12-14(23)21-13(16(24)25)11(7-26-15(12)21)28-17-20-10(6-27-17)9-2-4-18-5-3-9/h2-6,12,15H,7H2,1H3,(H,19,22)(H,24,25). The molecule has 0 aromatic carbocycles. The van der Waals surface area contributed by atoms with Gasteiger partial charge in [0.25, 0.3) is 5.91 Å². The van der Waals surface area contributed by atoms with Crippen molar-refractivity contribution in [1.29, 1.82) is 0 Å². The number of fused-ring (bicyclic) bond motifs is 1. The zero-order valence-corrected chi connectivity index (χ0v) is 16.9. The number of nitrogens with zero attached hydrogens (tertiary/aromatic N) is 3. The number of aliphatic carboxylic acids is 1. The number of thiazole rings is 1. The summed E-state index contributed by atoms with van der Waals surface area (Å²) in [6, 6.07) is 3.03. The largest absolute Gasteiger partial charge is 0.477 e. The number of aromatic nitrogens is 2. The van der Waals surface area contributed by atoms with Crippen LogP contribution < -0.4 is 5.32 Å². The van der Waals surface area contributed by atoms with Gasteiger partial charge in [-0.25, -0.2) is 9.78 Å². The summed E-state index contributed by atoms with van der Waals surface area (Å²) >= 11 is 4.11. The first kappa shape index (κ1) is 19.0. The number of hydrogen-bond donors (Lipinski definition) is 2. The first-order chi connectivity index (χ1) is 13.5. The second-order valence-corrected chi connectivity index (χ2v) is 9.31. The van der Waals surface area contributed by atoms with Gasteiger partial charge in [0.15, 0.2) is 4.34 Å². The Labute approximate surface area is 172 Å². The molecule has 2 aromatic rings. The minimum Gasteiger partial charge on any atom is -0.477 e. The molecule has 2 aliphatic rings. The molecule has 28 heavy (non-hydrogen) atoms. The van der Waals surface area contributed by atoms with Crippen LogP contribution in [-0.2, 0) is 14.4 Å². The lowest BCUT2D eigenvalue weighted by atomic mass is 10.1. The van der Waals surface area contributed by atoms with Gasteiger partial charge in [-0.3, -0.25) is 19.5 Å². The van der Waals surface area contributed by atoms with E-state index in [4.69, 9.17) is 0 Å². The maximum absolute atomic E-state index is 12.4. The molecule has 0 bridgehead atoms. The molecule has 0 spiro atoms. The van der Waals surface area contributed by atoms with Gasteiger partial charge in [-0.15, -0.1) is 23.1 Å². The molecule has 1 saturated heterocycles. The molecule has 2 N–H and O–H groups in total. The van der Waals surface area contributed by atoms with E-state index in [-0.39, 0.29) is 11.6 Å². The van der Waals surface area contributed by atoms with Crippen molar-refractivity contribution in [2.75, 3.05) is 5.75 Å². The van der Waals surface area contributed by atoms with Gasteiger partial charge in [-0.1, -0.05) is 11.8 Å². The summed E-state index contributed by atoms with van der Waals surface area (Å²) in [7, 11) is 0. The van der Waals surface area contributed by atoms with Crippen molar-refractivity contribution in [3.05, 3.63) is 40.5 Å². The van der Waals surface area contributed by atoms with Crippen LogP contribution in [0.25, 0.3) is 11.3 Å². The van der Waals surface area contributed by atoms with Crippen molar-refractivity contribution in [3.8, 4) is 11.3 Å². The summed E-state index contributed by atoms with van der Waals surface area (Å²) in [6.45, 7) is 1.33. The Morgan fingerprint density at radius 2 is 2.11 bits per heavy atom. The van der Waals surface area contributed by atoms with E-state index in [9.17, 15) is 19.5 Å². The fourth-order valence-corrected chi connectivity index (χ4v) is 6.41. The molecule has 2 aromatic heterocycles. The number of carboxylic acids is 1. The number of carbonyl (C=O) groups is 3. The third kappa shape index (κ3) is 3.40. The predicted molar refractivity (Wildman–Crippen MR) is 107 cm³/mol. The molecule has 2 atom stereocenters. The number of amides is 2. The zero-order chi connectivity index (χ0) is 19.8. The number of pyridine rings is 1. The minimum absolute atomic E-state index is 0.0268. The second kappa shape index (κ2) is 7.57. The van der Waals surface area contributed by atoms with E-state index in [1.54, 1.807) is 12.4 Å². The number of carboxylic acid groups (broad SMARTS) is 1. The highest BCUT2D eigenvalue weighted by molar-refractivity contribution is 8.07. The molecule has 1 fully saturated rings. The number of carbonyl (C=O) groups excluding carboxylic acids is 2. The van der Waals surface area contributed by atoms with Gasteiger partial charge in [0.05, 0.1) is 5.69 Å². The molecule has 0 aliphatic carbocycles. The maximum Gasteiger partial charge on any atom is 0.353 e. The van der Waals surface area contributed by atoms with Gasteiger partial charge in [-0.2, -0.15) is 0 Å². The van der Waals surface area contributed by atoms with Crippen LogP contribution >= 0.6 is 34.9 Å². The van der Waals surface area contributed by atoms with Gasteiger partial charge < -0.3 is 10.4 Å². The molecule has 2 unspecified atom stereocenters. The normalized spacial score (nSPS) is 21.2. The third-order valence-electron chi connectivity index (χ3n) is 4.16. The fraction of sp³-hybridized carbons (Fsp3) is 0.235. The SMILES string of the molecule is CC(=O)NC1C(=O)N2C(C(=O)O)=C(Sc3nc(-c4ccncc4)cs3)CSC12. The number of β-lactam (4-membered cyclic amide) rings is 1. The lowest BCUT2D eigenvalue weighted by molar-refractivity contribution is -0.150. The van der Waals surface area contributed by atoms with Crippen LogP contribution in [0.4, 0.5) is 0 Å². The van der Waals surface area contributed by atoms with Gasteiger partial charge in [-0.05, 0) is 12.1 Å². The molecule has 2 amide bonds. The Morgan fingerprint density at radius 3 is 2.79 bits per heavy atom. The van der Waals surface area contributed by atoms with Crippen LogP contribution in [0.1, 0.15) is 6.92 Å². The minimum atomic E-state index is -1.16. The van der Waals surface area contributed by atoms with Crippen molar-refractivity contribution in [3.63, 3.8) is 0 Å². The summed E-state index contributed by atoms with van der Waals surface area (Å²) < 4.78 is 0.700. The van der Waals surface area contributed by atoms with Gasteiger partial charge in [0.2, 0.25) is 5.91 Å². The monoisotopic (exact) mass is 434 g/mol. The molecule has 4 heterocycles. The fourth-order valence-electron chi connectivity index (χ4n) is 2.95. The number of hydrogen-bond acceptors (Lipinski definition) is 8. The molecule has 8 nitrogen and oxygen atoms in total. The Hall–Kier alpha value is -2.37. The van der Waals surface area contributed by atoms with Crippen LogP contribution in [0.15, 0.2) is 44.8 Å². The van der Waals surface area contributed by atoms with Crippen LogP contribution in [0, 0.1) is 0 Å². The first-order valence-corrected chi connectivity index (χ1v) is 10.9. The van der Waals surface area contributed by atoms with E-state index in [2.05, 4.69) is 15.3 Å². The quantitative estimate of drug-likeness (QED) is 0.688. The highest BCUT2D eigenvalue weighted by Crippen LogP contribution is 2.45. The maximum atomic E-state index is 12.4. The molecular weight excluding hydrogens is 420 g/mol. The van der Waals surface area contributed by atoms with E-state index >= 15 is 0 Å². The van der Waals surface area contributed by atoms with E-state index in [1.165, 1.54) is 46.7 Å². The molecular formula is C17H14N4O4S3. The van der Waals surface area contributed by atoms with Crippen LogP contribution in [0.2, 0.25) is 0 Å². The number of thioether (sulfide) groups is 2. The molecule has 2 aliphatic heterocycles. The Kier molecular flexibility index (Phi) is 5.13. The highest BCUT2D eigenvalue weighted by Gasteiger charge is 2.54. The second-order valence-electron chi connectivity index (χ2n) is 6.00. The van der Waals surface area contributed by atoms with Crippen molar-refractivity contribution < 1.29 is 19.5 Å². The molecule has 11 heteroatoms. The summed E-state index contributed by atoms with van der Waals surface area (Å²) in [6.07, 6.45) is 3.37. The first-order valence-electron chi connectivity index (χ1n) is 8.17. The Balaban J connectivity index is 1.58. The predicted octanol–water partition coefficient (Wildman–Crippen LogP) is 2.01. The molecule has 0 radical (unpaired) electrons. The van der Waals surface area contributed by atoms with Crippen molar-refractivity contribution in [2.24, 2.45) is 0 Å². The Bertz CT molecular complexity index is 991. The average Bonchev–Trinajstić information content (AvgIpc) is 3.14. The van der Waals surface area contributed by atoms with Crippen LogP contribution in [-0.4, -0.2) is 54.9 Å². The summed E-state index contributed by atoms with van der Waals surface area (Å²) in [5.41, 5.74) is 1.69. The summed E-state index contributed by atoms with van der Waals surface area (Å²) in [5.74, 6) is -1.44. The highest BCUT2D eigenvalue weighted by atomic mass is 32.2. The van der Waals surface area contributed by atoms with E-state index in [1.807, 2.05) is 17.5 Å². The Morgan fingerprint density at radius 1 is 1.36 bits per heavy atom. The van der Waals surface area contributed by atoms with Crippen molar-refractivity contribution >= 4 is 52.6 Å². The molecule has 0 saturated carbocycles. The third-order valence-corrected chi connectivity index (χ3v) is 7.65. The molecule has 4 rings (SSSR count).